The molecule has 0 aliphatic carbocycles. The van der Waals surface area contributed by atoms with Crippen molar-refractivity contribution in [3.05, 3.63) is 125 Å². The van der Waals surface area contributed by atoms with E-state index in [0.717, 1.165) is 31.7 Å². The molecule has 210 valence electrons. The number of rotatable bonds is 8. The lowest BCUT2D eigenvalue weighted by Crippen LogP contribution is -2.31. The highest BCUT2D eigenvalue weighted by Gasteiger charge is 2.25. The Bertz CT molecular complexity index is 2040. The van der Waals surface area contributed by atoms with Crippen molar-refractivity contribution >= 4 is 48.3 Å². The third kappa shape index (κ3) is 5.38. The quantitative estimate of drug-likeness (QED) is 0.198. The van der Waals surface area contributed by atoms with Crippen LogP contribution in [0.5, 0.6) is 5.75 Å². The summed E-state index contributed by atoms with van der Waals surface area (Å²) in [7, 11) is -4.12. The van der Waals surface area contributed by atoms with Crippen LogP contribution >= 0.6 is 11.3 Å². The van der Waals surface area contributed by atoms with E-state index in [4.69, 9.17) is 9.72 Å². The van der Waals surface area contributed by atoms with Crippen LogP contribution in [0, 0.1) is 13.8 Å². The van der Waals surface area contributed by atoms with E-state index in [1.165, 1.54) is 12.1 Å². The molecule has 0 saturated carbocycles. The summed E-state index contributed by atoms with van der Waals surface area (Å²) in [5.74, 6) is -0.273. The molecule has 42 heavy (non-hydrogen) atoms. The average Bonchev–Trinajstić information content (AvgIpc) is 3.35. The summed E-state index contributed by atoms with van der Waals surface area (Å²) in [4.78, 5) is 19.8. The first-order valence-electron chi connectivity index (χ1n) is 13.5. The van der Waals surface area contributed by atoms with Gasteiger partial charge < -0.3 is 4.74 Å². The summed E-state index contributed by atoms with van der Waals surface area (Å²) in [6.07, 6.45) is 0.673. The molecule has 2 heterocycles. The summed E-state index contributed by atoms with van der Waals surface area (Å²) in [5.41, 5.74) is 4.41. The molecular formula is C34H28N2O4S2. The van der Waals surface area contributed by atoms with Crippen molar-refractivity contribution in [2.75, 3.05) is 6.61 Å². The average molecular weight is 593 g/mol. The minimum atomic E-state index is -4.12. The molecule has 0 fully saturated rings. The van der Waals surface area contributed by atoms with E-state index in [2.05, 4.69) is 16.9 Å². The van der Waals surface area contributed by atoms with Crippen LogP contribution in [0.25, 0.3) is 31.6 Å². The lowest BCUT2D eigenvalue weighted by atomic mass is 10.0. The molecule has 8 heteroatoms. The molecule has 0 aliphatic heterocycles. The molecule has 6 nitrogen and oxygen atoms in total. The molecule has 0 atom stereocenters. The van der Waals surface area contributed by atoms with Gasteiger partial charge in [0.1, 0.15) is 5.75 Å². The van der Waals surface area contributed by atoms with Crippen LogP contribution in [0.1, 0.15) is 27.0 Å². The molecule has 0 bridgehead atoms. The lowest BCUT2D eigenvalue weighted by Gasteiger charge is -2.16. The number of benzene rings is 4. The van der Waals surface area contributed by atoms with Gasteiger partial charge in [-0.15, -0.1) is 11.3 Å². The van der Waals surface area contributed by atoms with Gasteiger partial charge in [0, 0.05) is 11.1 Å². The van der Waals surface area contributed by atoms with Gasteiger partial charge in [0.2, 0.25) is 0 Å². The maximum atomic E-state index is 13.9. The van der Waals surface area contributed by atoms with Crippen LogP contribution in [0.2, 0.25) is 0 Å². The highest BCUT2D eigenvalue weighted by atomic mass is 32.2. The number of pyridine rings is 1. The Labute approximate surface area is 248 Å². The summed E-state index contributed by atoms with van der Waals surface area (Å²) in [6.45, 7) is 4.34. The van der Waals surface area contributed by atoms with Gasteiger partial charge in [-0.1, -0.05) is 72.8 Å². The third-order valence-electron chi connectivity index (χ3n) is 7.22. The lowest BCUT2D eigenvalue weighted by molar-refractivity contribution is 0.0982. The zero-order chi connectivity index (χ0) is 29.3. The van der Waals surface area contributed by atoms with Crippen molar-refractivity contribution in [1.29, 1.82) is 0 Å². The van der Waals surface area contributed by atoms with Gasteiger partial charge in [0.15, 0.2) is 0 Å². The van der Waals surface area contributed by atoms with E-state index in [1.807, 2.05) is 68.4 Å². The zero-order valence-corrected chi connectivity index (χ0v) is 24.8. The Kier molecular flexibility index (Phi) is 7.49. The van der Waals surface area contributed by atoms with Crippen LogP contribution in [-0.2, 0) is 16.4 Å². The summed E-state index contributed by atoms with van der Waals surface area (Å²) in [6, 6.07) is 31.4. The van der Waals surface area contributed by atoms with Gasteiger partial charge in [0.25, 0.3) is 15.9 Å². The van der Waals surface area contributed by atoms with Gasteiger partial charge in [-0.05, 0) is 66.3 Å². The Balaban J connectivity index is 1.48. The first kappa shape index (κ1) is 27.6. The maximum absolute atomic E-state index is 13.9. The second-order valence-electron chi connectivity index (χ2n) is 10.0. The number of fused-ring (bicyclic) bond motifs is 2. The highest BCUT2D eigenvalue weighted by Crippen LogP contribution is 2.40. The van der Waals surface area contributed by atoms with Crippen molar-refractivity contribution in [1.82, 2.24) is 9.71 Å². The number of sulfonamides is 1. The van der Waals surface area contributed by atoms with Crippen molar-refractivity contribution in [2.45, 2.75) is 25.2 Å². The number of carbonyl (C=O) groups is 1. The molecule has 6 rings (SSSR count). The molecule has 2 aromatic heterocycles. The molecule has 4 aromatic carbocycles. The number of aryl methyl sites for hydroxylation is 2. The van der Waals surface area contributed by atoms with Crippen molar-refractivity contribution in [3.8, 4) is 16.3 Å². The van der Waals surface area contributed by atoms with Gasteiger partial charge in [-0.25, -0.2) is 18.1 Å². The predicted octanol–water partition coefficient (Wildman–Crippen LogP) is 7.47. The van der Waals surface area contributed by atoms with E-state index in [1.54, 1.807) is 35.6 Å². The first-order valence-corrected chi connectivity index (χ1v) is 15.8. The number of hydrogen-bond acceptors (Lipinski definition) is 6. The first-order chi connectivity index (χ1) is 20.3. The monoisotopic (exact) mass is 592 g/mol. The van der Waals surface area contributed by atoms with E-state index < -0.39 is 15.9 Å². The SMILES string of the molecule is Cc1c(-c2cc(C(=O)NS(=O)(=O)c3ccccc3)c3c(OCCc4ccccc4)ccc(C)c3n2)sc2ccccc12. The smallest absolute Gasteiger partial charge is 0.265 e. The number of carbonyl (C=O) groups excluding carboxylic acids is 1. The van der Waals surface area contributed by atoms with E-state index in [0.29, 0.717) is 35.4 Å². The second-order valence-corrected chi connectivity index (χ2v) is 12.8. The van der Waals surface area contributed by atoms with E-state index >= 15 is 0 Å². The normalized spacial score (nSPS) is 11.6. The van der Waals surface area contributed by atoms with Gasteiger partial charge >= 0.3 is 0 Å². The maximum Gasteiger partial charge on any atom is 0.265 e. The van der Waals surface area contributed by atoms with Crippen LogP contribution in [0.3, 0.4) is 0 Å². The minimum Gasteiger partial charge on any atom is -0.493 e. The Morgan fingerprint density at radius 3 is 2.31 bits per heavy atom. The van der Waals surface area contributed by atoms with Gasteiger partial charge in [-0.2, -0.15) is 0 Å². The number of ether oxygens (including phenoxy) is 1. The number of nitrogens with zero attached hydrogens (tertiary/aromatic N) is 1. The second kappa shape index (κ2) is 11.4. The molecule has 1 amide bonds. The van der Waals surface area contributed by atoms with E-state index in [-0.39, 0.29) is 10.5 Å². The fourth-order valence-corrected chi connectivity index (χ4v) is 7.19. The Morgan fingerprint density at radius 2 is 1.57 bits per heavy atom. The Hall–Kier alpha value is -4.53. The number of nitrogens with one attached hydrogen (secondary N) is 1. The largest absolute Gasteiger partial charge is 0.493 e. The van der Waals surface area contributed by atoms with Crippen LogP contribution in [0.15, 0.2) is 108 Å². The topological polar surface area (TPSA) is 85.4 Å². The number of thiophene rings is 1. The minimum absolute atomic E-state index is 0.00722. The molecule has 1 N–H and O–H groups in total. The molecular weight excluding hydrogens is 565 g/mol. The molecule has 0 spiro atoms. The van der Waals surface area contributed by atoms with Crippen molar-refractivity contribution in [3.63, 3.8) is 0 Å². The van der Waals surface area contributed by atoms with Crippen molar-refractivity contribution < 1.29 is 17.9 Å². The summed E-state index contributed by atoms with van der Waals surface area (Å²) in [5, 5.41) is 1.60. The summed E-state index contributed by atoms with van der Waals surface area (Å²) < 4.78 is 36.0. The van der Waals surface area contributed by atoms with Crippen molar-refractivity contribution in [2.24, 2.45) is 0 Å². The standard InChI is InChI=1S/C34H28N2O4S2/c1-22-17-18-29(40-20-19-24-11-5-3-6-12-24)31-27(34(37)36-42(38,39)25-13-7-4-8-14-25)21-28(35-32(22)31)33-23(2)26-15-9-10-16-30(26)41-33/h3-18,21H,19-20H2,1-2H3,(H,36,37). The molecule has 0 aliphatic rings. The molecule has 0 saturated heterocycles. The van der Waals surface area contributed by atoms with Crippen LogP contribution in [0.4, 0.5) is 0 Å². The zero-order valence-electron chi connectivity index (χ0n) is 23.1. The van der Waals surface area contributed by atoms with Gasteiger partial charge in [-0.3, -0.25) is 4.79 Å². The summed E-state index contributed by atoms with van der Waals surface area (Å²) >= 11 is 1.59. The Morgan fingerprint density at radius 1 is 0.881 bits per heavy atom. The molecule has 6 aromatic rings. The number of hydrogen-bond donors (Lipinski definition) is 1. The fourth-order valence-electron chi connectivity index (χ4n) is 5.04. The fraction of sp³-hybridized carbons (Fsp3) is 0.118. The third-order valence-corrected chi connectivity index (χ3v) is 9.86. The van der Waals surface area contributed by atoms with Crippen LogP contribution in [-0.4, -0.2) is 25.9 Å². The molecule has 0 radical (unpaired) electrons. The molecule has 0 unspecified atom stereocenters. The van der Waals surface area contributed by atoms with Crippen LogP contribution < -0.4 is 9.46 Å². The predicted molar refractivity (Wildman–Crippen MR) is 169 cm³/mol. The van der Waals surface area contributed by atoms with E-state index in [9.17, 15) is 13.2 Å². The number of amides is 1. The number of aromatic nitrogens is 1. The highest BCUT2D eigenvalue weighted by molar-refractivity contribution is 7.90. The van der Waals surface area contributed by atoms with Gasteiger partial charge in [0.05, 0.1) is 38.5 Å².